The van der Waals surface area contributed by atoms with Gasteiger partial charge in [-0.2, -0.15) is 23.5 Å². The van der Waals surface area contributed by atoms with Crippen LogP contribution in [0.5, 0.6) is 0 Å². The summed E-state index contributed by atoms with van der Waals surface area (Å²) in [6.45, 7) is 9.12. The normalized spacial score (nSPS) is 12.9. The third-order valence-corrected chi connectivity index (χ3v) is 10.8. The molecule has 19 heteroatoms. The first kappa shape index (κ1) is 54.1. The smallest absolute Gasteiger partial charge is 0.309 e. The van der Waals surface area contributed by atoms with Gasteiger partial charge in [0, 0.05) is 36.9 Å². The van der Waals surface area contributed by atoms with Gasteiger partial charge in [0.05, 0.1) is 37.0 Å². The molecular weight excluding hydrogens is 807 g/mol. The largest absolute Gasteiger partial charge is 0.462 e. The monoisotopic (exact) mass is 873 g/mol. The van der Waals surface area contributed by atoms with Crippen molar-refractivity contribution in [1.82, 2.24) is 14.7 Å². The van der Waals surface area contributed by atoms with Crippen LogP contribution in [0.1, 0.15) is 52.9 Å². The van der Waals surface area contributed by atoms with Crippen LogP contribution >= 0.6 is 46.0 Å². The van der Waals surface area contributed by atoms with Crippen molar-refractivity contribution in [1.29, 1.82) is 0 Å². The molecule has 0 heterocycles. The van der Waals surface area contributed by atoms with E-state index in [-0.39, 0.29) is 101 Å². The summed E-state index contributed by atoms with van der Waals surface area (Å²) in [5.41, 5.74) is 0. The highest BCUT2D eigenvalue weighted by atomic mass is 33.1. The molecule has 0 N–H and O–H groups in total. The number of ether oxygens (including phenoxy) is 6. The lowest BCUT2D eigenvalue weighted by Gasteiger charge is -2.26. The maximum atomic E-state index is 12.6. The van der Waals surface area contributed by atoms with Crippen LogP contribution in [-0.4, -0.2) is 180 Å². The highest BCUT2D eigenvalue weighted by Gasteiger charge is 2.18. The zero-order valence-electron chi connectivity index (χ0n) is 34.5. The van der Waals surface area contributed by atoms with Crippen molar-refractivity contribution in [2.45, 2.75) is 52.9 Å². The first-order valence-electron chi connectivity index (χ1n) is 19.0. The van der Waals surface area contributed by atoms with Crippen LogP contribution in [0.3, 0.4) is 0 Å². The highest BCUT2D eigenvalue weighted by molar-refractivity contribution is 8.68. The third kappa shape index (κ3) is 30.2. The number of thiol groups is 1. The summed E-state index contributed by atoms with van der Waals surface area (Å²) in [6.07, 6.45) is 5.71. The summed E-state index contributed by atoms with van der Waals surface area (Å²) >= 11 is 7.16. The number of esters is 6. The van der Waals surface area contributed by atoms with E-state index in [1.807, 2.05) is 31.5 Å². The summed E-state index contributed by atoms with van der Waals surface area (Å²) in [6, 6.07) is 0. The summed E-state index contributed by atoms with van der Waals surface area (Å²) in [7, 11) is 5.25. The van der Waals surface area contributed by atoms with Crippen molar-refractivity contribution < 1.29 is 57.2 Å². The number of thioether (sulfide) groups is 2. The molecule has 56 heavy (non-hydrogen) atoms. The zero-order valence-corrected chi connectivity index (χ0v) is 37.8. The Kier molecular flexibility index (Phi) is 33.9. The van der Waals surface area contributed by atoms with Gasteiger partial charge in [-0.15, -0.1) is 11.7 Å². The predicted octanol–water partition coefficient (Wildman–Crippen LogP) is 3.57. The number of carbonyl (C=O) groups excluding carboxylic acids is 6. The summed E-state index contributed by atoms with van der Waals surface area (Å²) in [4.78, 5) is 79.9. The van der Waals surface area contributed by atoms with Crippen LogP contribution in [0.15, 0.2) is 0 Å². The number of hydrogen-bond donors (Lipinski definition) is 1. The Morgan fingerprint density at radius 1 is 0.482 bits per heavy atom. The second-order valence-electron chi connectivity index (χ2n) is 13.5. The fraction of sp³-hybridized carbons (Fsp3) is 0.838. The van der Waals surface area contributed by atoms with Gasteiger partial charge in [0.25, 0.3) is 0 Å². The summed E-state index contributed by atoms with van der Waals surface area (Å²) in [5, 5.41) is 0. The first-order valence-corrected chi connectivity index (χ1v) is 23.9. The number of carbonyl (C=O) groups is 6. The topological polar surface area (TPSA) is 168 Å². The molecule has 0 aromatic rings. The third-order valence-electron chi connectivity index (χ3n) is 8.06. The summed E-state index contributed by atoms with van der Waals surface area (Å²) in [5.74, 6) is -1.31. The molecule has 0 rings (SSSR count). The SMILES string of the molecule is CSCC(C)C(=O)OCCOC(=O)CCN(CCCN(C)C)CCCN(CCC(=O)OCCOC(=O)C(C)CSC)CCC(=O)OCCOC(=O)C(C)CSS. The van der Waals surface area contributed by atoms with Gasteiger partial charge in [-0.05, 0) is 65.6 Å². The number of hydrogen-bond acceptors (Lipinski definition) is 19. The van der Waals surface area contributed by atoms with Crippen LogP contribution < -0.4 is 0 Å². The molecule has 0 aliphatic carbocycles. The fourth-order valence-corrected chi connectivity index (χ4v) is 7.20. The molecule has 3 atom stereocenters. The van der Waals surface area contributed by atoms with Crippen molar-refractivity contribution in [3.8, 4) is 0 Å². The standard InChI is InChI=1S/C37H67N3O12S4/c1-29(26-54-6)35(44)50-23-20-47-32(41)10-17-39(14-8-13-38(4)5)15-9-16-40(18-11-33(42)48-21-24-51-36(45)30(2)27-55-7)19-12-34(43)49-22-25-52-37(46)31(3)28-56-53/h29-31,53H,8-28H2,1-7H3. The van der Waals surface area contributed by atoms with Crippen LogP contribution in [-0.2, 0) is 57.2 Å². The molecule has 0 bridgehead atoms. The fourth-order valence-electron chi connectivity index (χ4n) is 4.90. The quantitative estimate of drug-likeness (QED) is 0.0323. The Labute approximate surface area is 352 Å². The van der Waals surface area contributed by atoms with E-state index in [2.05, 4.69) is 21.5 Å². The molecule has 0 aromatic heterocycles. The molecule has 0 saturated heterocycles. The molecule has 0 saturated carbocycles. The van der Waals surface area contributed by atoms with Gasteiger partial charge in [0.1, 0.15) is 39.6 Å². The van der Waals surface area contributed by atoms with Crippen LogP contribution in [0.25, 0.3) is 0 Å². The Hall–Kier alpha value is -1.90. The minimum absolute atomic E-state index is 0.000421. The van der Waals surface area contributed by atoms with E-state index in [1.54, 1.807) is 44.3 Å². The number of nitrogens with zero attached hydrogens (tertiary/aromatic N) is 3. The van der Waals surface area contributed by atoms with Crippen LogP contribution in [0.2, 0.25) is 0 Å². The van der Waals surface area contributed by atoms with Gasteiger partial charge < -0.3 is 43.1 Å². The highest BCUT2D eigenvalue weighted by Crippen LogP contribution is 2.13. The first-order chi connectivity index (χ1) is 26.7. The van der Waals surface area contributed by atoms with Gasteiger partial charge in [-0.1, -0.05) is 31.6 Å². The lowest BCUT2D eigenvalue weighted by Crippen LogP contribution is -2.35. The van der Waals surface area contributed by atoms with Crippen molar-refractivity contribution in [3.05, 3.63) is 0 Å². The Morgan fingerprint density at radius 3 is 1.11 bits per heavy atom. The van der Waals surface area contributed by atoms with E-state index in [9.17, 15) is 28.8 Å². The van der Waals surface area contributed by atoms with E-state index in [0.29, 0.717) is 56.4 Å². The van der Waals surface area contributed by atoms with E-state index >= 15 is 0 Å². The van der Waals surface area contributed by atoms with Crippen LogP contribution in [0.4, 0.5) is 0 Å². The molecule has 0 amide bonds. The zero-order chi connectivity index (χ0) is 42.1. The average molecular weight is 874 g/mol. The van der Waals surface area contributed by atoms with Gasteiger partial charge in [-0.3, -0.25) is 28.8 Å². The molecule has 0 aliphatic heterocycles. The molecular formula is C37H67N3O12S4. The molecule has 0 aromatic carbocycles. The van der Waals surface area contributed by atoms with Crippen molar-refractivity contribution in [2.24, 2.45) is 17.8 Å². The Bertz CT molecular complexity index is 1080. The predicted molar refractivity (Wildman–Crippen MR) is 226 cm³/mol. The molecule has 0 radical (unpaired) electrons. The molecule has 0 fully saturated rings. The van der Waals surface area contributed by atoms with Gasteiger partial charge >= 0.3 is 35.8 Å². The summed E-state index contributed by atoms with van der Waals surface area (Å²) < 4.78 is 31.4. The molecule has 15 nitrogen and oxygen atoms in total. The van der Waals surface area contributed by atoms with Crippen molar-refractivity contribution in [2.75, 3.05) is 129 Å². The minimum Gasteiger partial charge on any atom is -0.462 e. The lowest BCUT2D eigenvalue weighted by atomic mass is 10.2. The van der Waals surface area contributed by atoms with E-state index in [1.165, 1.54) is 10.8 Å². The maximum Gasteiger partial charge on any atom is 0.309 e. The second-order valence-corrected chi connectivity index (χ2v) is 16.7. The lowest BCUT2D eigenvalue weighted by molar-refractivity contribution is -0.154. The minimum atomic E-state index is -0.460. The van der Waals surface area contributed by atoms with Gasteiger partial charge in [-0.25, -0.2) is 0 Å². The molecule has 326 valence electrons. The van der Waals surface area contributed by atoms with E-state index < -0.39 is 11.9 Å². The Balaban J connectivity index is 5.13. The molecule has 0 aliphatic rings. The van der Waals surface area contributed by atoms with Gasteiger partial charge in [0.15, 0.2) is 0 Å². The second kappa shape index (κ2) is 35.1. The van der Waals surface area contributed by atoms with Crippen LogP contribution in [0, 0.1) is 17.8 Å². The van der Waals surface area contributed by atoms with E-state index in [0.717, 1.165) is 19.5 Å². The maximum absolute atomic E-state index is 12.6. The van der Waals surface area contributed by atoms with E-state index in [4.69, 9.17) is 28.4 Å². The molecule has 0 spiro atoms. The average Bonchev–Trinajstić information content (AvgIpc) is 3.16. The van der Waals surface area contributed by atoms with Crippen molar-refractivity contribution >= 4 is 81.8 Å². The van der Waals surface area contributed by atoms with Gasteiger partial charge in [0.2, 0.25) is 0 Å². The Morgan fingerprint density at radius 2 is 0.786 bits per heavy atom. The number of rotatable bonds is 35. The van der Waals surface area contributed by atoms with Crippen molar-refractivity contribution in [3.63, 3.8) is 0 Å². The molecule has 3 unspecified atom stereocenters.